The Morgan fingerprint density at radius 1 is 0.864 bits per heavy atom. The van der Waals surface area contributed by atoms with E-state index in [1.807, 2.05) is 51.1 Å². The molecule has 112 valence electrons. The maximum Gasteiger partial charge on any atom is 0.252 e. The lowest BCUT2D eigenvalue weighted by molar-refractivity contribution is 0.790. The predicted molar refractivity (Wildman–Crippen MR) is 87.8 cm³/mol. The van der Waals surface area contributed by atoms with E-state index >= 15 is 0 Å². The van der Waals surface area contributed by atoms with Gasteiger partial charge in [0.15, 0.2) is 0 Å². The molecule has 0 radical (unpaired) electrons. The topological polar surface area (TPSA) is 55.6 Å². The van der Waals surface area contributed by atoms with Crippen LogP contribution in [-0.4, -0.2) is 19.7 Å². The molecule has 5 nitrogen and oxygen atoms in total. The molecule has 2 aromatic heterocycles. The molecular formula is C17H19N5. The number of aromatic nitrogens is 4. The summed E-state index contributed by atoms with van der Waals surface area (Å²) in [6, 6.07) is 12.1. The van der Waals surface area contributed by atoms with Crippen molar-refractivity contribution in [3.05, 3.63) is 59.0 Å². The van der Waals surface area contributed by atoms with Crippen LogP contribution in [0.3, 0.4) is 0 Å². The highest BCUT2D eigenvalue weighted by atomic mass is 15.4. The molecule has 1 aromatic carbocycles. The summed E-state index contributed by atoms with van der Waals surface area (Å²) in [4.78, 5) is 8.98. The first-order valence-corrected chi connectivity index (χ1v) is 7.25. The Balaban J connectivity index is 2.05. The van der Waals surface area contributed by atoms with Crippen LogP contribution in [0.4, 0.5) is 11.5 Å². The number of benzene rings is 1. The quantitative estimate of drug-likeness (QED) is 0.801. The van der Waals surface area contributed by atoms with Gasteiger partial charge in [-0.15, -0.1) is 0 Å². The van der Waals surface area contributed by atoms with Gasteiger partial charge in [0.1, 0.15) is 5.82 Å². The first-order valence-electron chi connectivity index (χ1n) is 7.25. The van der Waals surface area contributed by atoms with E-state index in [0.717, 1.165) is 28.6 Å². The summed E-state index contributed by atoms with van der Waals surface area (Å²) in [5.74, 6) is 1.44. The number of hydrogen-bond donors (Lipinski definition) is 1. The third-order valence-electron chi connectivity index (χ3n) is 3.40. The van der Waals surface area contributed by atoms with Crippen LogP contribution in [0.15, 0.2) is 36.4 Å². The van der Waals surface area contributed by atoms with Gasteiger partial charge >= 0.3 is 0 Å². The minimum Gasteiger partial charge on any atom is -0.340 e. The molecule has 0 saturated heterocycles. The highest BCUT2D eigenvalue weighted by Gasteiger charge is 2.12. The summed E-state index contributed by atoms with van der Waals surface area (Å²) in [7, 11) is 0. The van der Waals surface area contributed by atoms with Crippen molar-refractivity contribution in [1.29, 1.82) is 0 Å². The number of nitrogens with one attached hydrogen (secondary N) is 1. The molecule has 0 saturated carbocycles. The SMILES string of the molecule is Cc1cc(C)nc(-n2nc(C)cc2Nc2ccccc2C)n1. The molecule has 0 aliphatic carbocycles. The van der Waals surface area contributed by atoms with Gasteiger partial charge in [0.25, 0.3) is 5.95 Å². The van der Waals surface area contributed by atoms with Gasteiger partial charge in [-0.1, -0.05) is 18.2 Å². The zero-order chi connectivity index (χ0) is 15.7. The van der Waals surface area contributed by atoms with Crippen LogP contribution in [0.2, 0.25) is 0 Å². The lowest BCUT2D eigenvalue weighted by Crippen LogP contribution is -2.08. The molecule has 0 unspecified atom stereocenters. The second-order valence-corrected chi connectivity index (χ2v) is 5.47. The Bertz CT molecular complexity index is 799. The van der Waals surface area contributed by atoms with Gasteiger partial charge in [0, 0.05) is 23.1 Å². The molecule has 1 N–H and O–H groups in total. The zero-order valence-electron chi connectivity index (χ0n) is 13.3. The Hall–Kier alpha value is -2.69. The first kappa shape index (κ1) is 14.3. The molecule has 0 atom stereocenters. The van der Waals surface area contributed by atoms with Crippen LogP contribution in [-0.2, 0) is 0 Å². The maximum absolute atomic E-state index is 4.52. The second-order valence-electron chi connectivity index (χ2n) is 5.47. The smallest absolute Gasteiger partial charge is 0.252 e. The van der Waals surface area contributed by atoms with Gasteiger partial charge in [-0.3, -0.25) is 0 Å². The Kier molecular flexibility index (Phi) is 3.63. The summed E-state index contributed by atoms with van der Waals surface area (Å²) in [6.45, 7) is 7.96. The average Bonchev–Trinajstić information content (AvgIpc) is 2.81. The summed E-state index contributed by atoms with van der Waals surface area (Å²) in [5, 5.41) is 7.94. The molecule has 3 rings (SSSR count). The van der Waals surface area contributed by atoms with Crippen molar-refractivity contribution in [3.8, 4) is 5.95 Å². The van der Waals surface area contributed by atoms with Crippen molar-refractivity contribution in [2.24, 2.45) is 0 Å². The van der Waals surface area contributed by atoms with Gasteiger partial charge in [0.2, 0.25) is 0 Å². The Morgan fingerprint density at radius 2 is 1.55 bits per heavy atom. The molecular weight excluding hydrogens is 274 g/mol. The number of nitrogens with zero attached hydrogens (tertiary/aromatic N) is 4. The van der Waals surface area contributed by atoms with Crippen molar-refractivity contribution in [2.45, 2.75) is 27.7 Å². The average molecular weight is 293 g/mol. The van der Waals surface area contributed by atoms with E-state index < -0.39 is 0 Å². The van der Waals surface area contributed by atoms with E-state index in [1.54, 1.807) is 4.68 Å². The van der Waals surface area contributed by atoms with E-state index in [4.69, 9.17) is 0 Å². The van der Waals surface area contributed by atoms with Crippen LogP contribution >= 0.6 is 0 Å². The zero-order valence-corrected chi connectivity index (χ0v) is 13.3. The van der Waals surface area contributed by atoms with E-state index in [2.05, 4.69) is 33.4 Å². The molecule has 0 fully saturated rings. The normalized spacial score (nSPS) is 10.7. The maximum atomic E-state index is 4.52. The lowest BCUT2D eigenvalue weighted by Gasteiger charge is -2.11. The fourth-order valence-corrected chi connectivity index (χ4v) is 2.39. The fourth-order valence-electron chi connectivity index (χ4n) is 2.39. The van der Waals surface area contributed by atoms with Crippen molar-refractivity contribution in [2.75, 3.05) is 5.32 Å². The second kappa shape index (κ2) is 5.60. The number of rotatable bonds is 3. The van der Waals surface area contributed by atoms with E-state index in [-0.39, 0.29) is 0 Å². The minimum absolute atomic E-state index is 0.585. The third kappa shape index (κ3) is 2.83. The largest absolute Gasteiger partial charge is 0.340 e. The number of hydrogen-bond acceptors (Lipinski definition) is 4. The summed E-state index contributed by atoms with van der Waals surface area (Å²) in [6.07, 6.45) is 0. The van der Waals surface area contributed by atoms with Crippen LogP contribution in [0, 0.1) is 27.7 Å². The molecule has 0 amide bonds. The predicted octanol–water partition coefficient (Wildman–Crippen LogP) is 3.64. The fraction of sp³-hybridized carbons (Fsp3) is 0.235. The summed E-state index contributed by atoms with van der Waals surface area (Å²) >= 11 is 0. The summed E-state index contributed by atoms with van der Waals surface area (Å²) in [5.41, 5.74) is 5.00. The standard InChI is InChI=1S/C17H19N5/c1-11-7-5-6-8-15(11)20-16-10-14(4)21-22(16)17-18-12(2)9-13(3)19-17/h5-10,20H,1-4H3. The van der Waals surface area contributed by atoms with Gasteiger partial charge in [-0.25, -0.2) is 9.97 Å². The molecule has 0 aliphatic heterocycles. The molecule has 3 aromatic rings. The monoisotopic (exact) mass is 293 g/mol. The highest BCUT2D eigenvalue weighted by molar-refractivity contribution is 5.61. The number of para-hydroxylation sites is 1. The van der Waals surface area contributed by atoms with Crippen LogP contribution in [0.25, 0.3) is 5.95 Å². The Labute approximate surface area is 130 Å². The van der Waals surface area contributed by atoms with Crippen molar-refractivity contribution in [1.82, 2.24) is 19.7 Å². The number of aryl methyl sites for hydroxylation is 4. The van der Waals surface area contributed by atoms with Crippen molar-refractivity contribution >= 4 is 11.5 Å². The number of anilines is 2. The Morgan fingerprint density at radius 3 is 2.23 bits per heavy atom. The molecule has 0 spiro atoms. The molecule has 0 bridgehead atoms. The van der Waals surface area contributed by atoms with E-state index in [9.17, 15) is 0 Å². The van der Waals surface area contributed by atoms with Gasteiger partial charge in [0.05, 0.1) is 5.69 Å². The first-order chi connectivity index (χ1) is 10.5. The summed E-state index contributed by atoms with van der Waals surface area (Å²) < 4.78 is 1.75. The molecule has 5 heteroatoms. The lowest BCUT2D eigenvalue weighted by atomic mass is 10.2. The van der Waals surface area contributed by atoms with Gasteiger partial charge in [-0.05, 0) is 45.4 Å². The highest BCUT2D eigenvalue weighted by Crippen LogP contribution is 2.22. The molecule has 2 heterocycles. The third-order valence-corrected chi connectivity index (χ3v) is 3.40. The minimum atomic E-state index is 0.585. The van der Waals surface area contributed by atoms with Crippen molar-refractivity contribution < 1.29 is 0 Å². The van der Waals surface area contributed by atoms with Gasteiger partial charge in [-0.2, -0.15) is 9.78 Å². The van der Waals surface area contributed by atoms with Crippen LogP contribution in [0.1, 0.15) is 22.6 Å². The van der Waals surface area contributed by atoms with Crippen LogP contribution < -0.4 is 5.32 Å². The van der Waals surface area contributed by atoms with E-state index in [1.165, 1.54) is 5.56 Å². The molecule has 22 heavy (non-hydrogen) atoms. The van der Waals surface area contributed by atoms with Gasteiger partial charge < -0.3 is 5.32 Å². The van der Waals surface area contributed by atoms with Crippen molar-refractivity contribution in [3.63, 3.8) is 0 Å². The van der Waals surface area contributed by atoms with Crippen LogP contribution in [0.5, 0.6) is 0 Å². The van der Waals surface area contributed by atoms with E-state index in [0.29, 0.717) is 5.95 Å². The molecule has 0 aliphatic rings.